The van der Waals surface area contributed by atoms with Crippen molar-refractivity contribution < 1.29 is 21.6 Å². The highest BCUT2D eigenvalue weighted by Crippen LogP contribution is 2.19. The van der Waals surface area contributed by atoms with Crippen LogP contribution in [0.25, 0.3) is 0 Å². The number of nitrogens with zero attached hydrogens (tertiary/aromatic N) is 3. The first-order valence-electron chi connectivity index (χ1n) is 7.17. The Kier molecular flexibility index (Phi) is 6.51. The molecule has 0 unspecified atom stereocenters. The van der Waals surface area contributed by atoms with E-state index in [1.807, 2.05) is 0 Å². The van der Waals surface area contributed by atoms with Crippen LogP contribution in [0.1, 0.15) is 6.92 Å². The summed E-state index contributed by atoms with van der Waals surface area (Å²) in [6.45, 7) is 1.48. The van der Waals surface area contributed by atoms with Crippen molar-refractivity contribution in [3.05, 3.63) is 24.3 Å². The molecular formula is C14H23N3O5S2. The van der Waals surface area contributed by atoms with Crippen molar-refractivity contribution in [1.82, 2.24) is 13.5 Å². The third kappa shape index (κ3) is 4.32. The van der Waals surface area contributed by atoms with Crippen LogP contribution in [0.5, 0.6) is 0 Å². The summed E-state index contributed by atoms with van der Waals surface area (Å²) in [5.41, 5.74) is 0. The third-order valence-corrected chi connectivity index (χ3v) is 7.17. The van der Waals surface area contributed by atoms with Crippen LogP contribution in [0.15, 0.2) is 34.1 Å². The number of hydrogen-bond donors (Lipinski definition) is 0. The van der Waals surface area contributed by atoms with Crippen LogP contribution in [0.3, 0.4) is 0 Å². The second-order valence-corrected chi connectivity index (χ2v) is 9.57. The van der Waals surface area contributed by atoms with E-state index in [9.17, 15) is 21.6 Å². The molecule has 1 aromatic rings. The molecule has 0 fully saturated rings. The summed E-state index contributed by atoms with van der Waals surface area (Å²) in [6, 6.07) is 4.94. The van der Waals surface area contributed by atoms with Gasteiger partial charge in [0.05, 0.1) is 16.3 Å². The second kappa shape index (κ2) is 7.60. The van der Waals surface area contributed by atoms with Gasteiger partial charge in [-0.3, -0.25) is 4.79 Å². The predicted molar refractivity (Wildman–Crippen MR) is 90.4 cm³/mol. The van der Waals surface area contributed by atoms with Crippen molar-refractivity contribution in [3.63, 3.8) is 0 Å². The topological polar surface area (TPSA) is 95.1 Å². The lowest BCUT2D eigenvalue weighted by atomic mass is 10.4. The first kappa shape index (κ1) is 20.6. The maximum atomic E-state index is 12.6. The van der Waals surface area contributed by atoms with E-state index in [-0.39, 0.29) is 28.8 Å². The number of carbonyl (C=O) groups is 1. The summed E-state index contributed by atoms with van der Waals surface area (Å²) in [7, 11) is -1.64. The molecule has 0 saturated heterocycles. The van der Waals surface area contributed by atoms with Gasteiger partial charge in [0.15, 0.2) is 0 Å². The zero-order valence-electron chi connectivity index (χ0n) is 14.4. The smallest absolute Gasteiger partial charge is 0.243 e. The predicted octanol–water partition coefficient (Wildman–Crippen LogP) is 0.0357. The third-order valence-electron chi connectivity index (χ3n) is 3.40. The molecule has 136 valence electrons. The fourth-order valence-corrected chi connectivity index (χ4v) is 4.10. The fraction of sp³-hybridized carbons (Fsp3) is 0.500. The van der Waals surface area contributed by atoms with Crippen LogP contribution >= 0.6 is 0 Å². The summed E-state index contributed by atoms with van der Waals surface area (Å²) in [5, 5.41) is 0. The Labute approximate surface area is 143 Å². The minimum atomic E-state index is -3.88. The van der Waals surface area contributed by atoms with E-state index in [0.29, 0.717) is 0 Å². The number of rotatable bonds is 7. The largest absolute Gasteiger partial charge is 0.348 e. The molecule has 0 bridgehead atoms. The molecule has 0 N–H and O–H groups in total. The van der Waals surface area contributed by atoms with E-state index in [2.05, 4.69) is 0 Å². The maximum Gasteiger partial charge on any atom is 0.243 e. The molecular weight excluding hydrogens is 354 g/mol. The summed E-state index contributed by atoms with van der Waals surface area (Å²) in [4.78, 5) is 13.0. The lowest BCUT2D eigenvalue weighted by molar-refractivity contribution is -0.128. The number of carbonyl (C=O) groups excluding carboxylic acids is 1. The Hall–Kier alpha value is -1.49. The van der Waals surface area contributed by atoms with E-state index in [4.69, 9.17) is 0 Å². The van der Waals surface area contributed by atoms with E-state index in [0.717, 1.165) is 8.61 Å². The van der Waals surface area contributed by atoms with Gasteiger partial charge in [0, 0.05) is 34.7 Å². The van der Waals surface area contributed by atoms with Crippen LogP contribution in [0.2, 0.25) is 0 Å². The minimum Gasteiger partial charge on any atom is -0.348 e. The fourth-order valence-electron chi connectivity index (χ4n) is 1.80. The average Bonchev–Trinajstić information content (AvgIpc) is 2.51. The molecule has 0 aliphatic heterocycles. The molecule has 1 amide bonds. The Morgan fingerprint density at radius 2 is 1.29 bits per heavy atom. The lowest BCUT2D eigenvalue weighted by Crippen LogP contribution is -2.40. The first-order chi connectivity index (χ1) is 10.9. The van der Waals surface area contributed by atoms with E-state index < -0.39 is 20.0 Å². The van der Waals surface area contributed by atoms with E-state index in [1.54, 1.807) is 21.0 Å². The van der Waals surface area contributed by atoms with Gasteiger partial charge in [0.2, 0.25) is 26.0 Å². The minimum absolute atomic E-state index is 0.00105. The van der Waals surface area contributed by atoms with Crippen LogP contribution in [0.4, 0.5) is 0 Å². The van der Waals surface area contributed by atoms with Crippen LogP contribution in [0, 0.1) is 0 Å². The van der Waals surface area contributed by atoms with Gasteiger partial charge in [-0.05, 0) is 24.3 Å². The number of hydrogen-bond acceptors (Lipinski definition) is 5. The Morgan fingerprint density at radius 3 is 1.62 bits per heavy atom. The molecule has 24 heavy (non-hydrogen) atoms. The Morgan fingerprint density at radius 1 is 0.875 bits per heavy atom. The highest BCUT2D eigenvalue weighted by Gasteiger charge is 2.26. The molecule has 0 heterocycles. The van der Waals surface area contributed by atoms with Gasteiger partial charge >= 0.3 is 0 Å². The zero-order valence-corrected chi connectivity index (χ0v) is 16.1. The maximum absolute atomic E-state index is 12.6. The van der Waals surface area contributed by atoms with Gasteiger partial charge in [-0.25, -0.2) is 21.1 Å². The van der Waals surface area contributed by atoms with Crippen LogP contribution in [-0.4, -0.2) is 77.5 Å². The van der Waals surface area contributed by atoms with Gasteiger partial charge in [0.25, 0.3) is 0 Å². The van der Waals surface area contributed by atoms with Gasteiger partial charge in [0.1, 0.15) is 0 Å². The molecule has 0 saturated carbocycles. The number of sulfonamides is 2. The summed E-state index contributed by atoms with van der Waals surface area (Å²) < 4.78 is 51.4. The molecule has 0 aliphatic carbocycles. The molecule has 1 rings (SSSR count). The molecule has 1 aromatic carbocycles. The van der Waals surface area contributed by atoms with Crippen molar-refractivity contribution in [2.75, 3.05) is 41.3 Å². The first-order valence-corrected chi connectivity index (χ1v) is 10.1. The molecule has 0 aromatic heterocycles. The highest BCUT2D eigenvalue weighted by molar-refractivity contribution is 7.89. The zero-order chi connectivity index (χ0) is 18.7. The van der Waals surface area contributed by atoms with Gasteiger partial charge in [-0.15, -0.1) is 0 Å². The molecule has 8 nitrogen and oxygen atoms in total. The normalized spacial score (nSPS) is 12.6. The molecule has 0 atom stereocenters. The second-order valence-electron chi connectivity index (χ2n) is 5.48. The van der Waals surface area contributed by atoms with Gasteiger partial charge in [-0.1, -0.05) is 6.92 Å². The standard InChI is InChI=1S/C14H23N3O5S2/c1-6-17(11-14(18)15(2)3)24(21,22)13-9-7-12(8-10-13)23(19,20)16(4)5/h7-10H,6,11H2,1-5H3. The van der Waals surface area contributed by atoms with Crippen molar-refractivity contribution in [2.24, 2.45) is 0 Å². The van der Waals surface area contributed by atoms with Crippen molar-refractivity contribution in [2.45, 2.75) is 16.7 Å². The Balaban J connectivity index is 3.17. The highest BCUT2D eigenvalue weighted by atomic mass is 32.2. The quantitative estimate of drug-likeness (QED) is 0.668. The molecule has 0 radical (unpaired) electrons. The van der Waals surface area contributed by atoms with Crippen molar-refractivity contribution in [3.8, 4) is 0 Å². The molecule has 0 spiro atoms. The summed E-state index contributed by atoms with van der Waals surface area (Å²) in [6.07, 6.45) is 0. The molecule has 10 heteroatoms. The average molecular weight is 377 g/mol. The van der Waals surface area contributed by atoms with E-state index >= 15 is 0 Å². The summed E-state index contributed by atoms with van der Waals surface area (Å²) >= 11 is 0. The molecule has 0 aliphatic rings. The van der Waals surface area contributed by atoms with Gasteiger partial charge < -0.3 is 4.90 Å². The Bertz CT molecular complexity index is 784. The van der Waals surface area contributed by atoms with Crippen LogP contribution in [-0.2, 0) is 24.8 Å². The van der Waals surface area contributed by atoms with Gasteiger partial charge in [-0.2, -0.15) is 4.31 Å². The SMILES string of the molecule is CCN(CC(=O)N(C)C)S(=O)(=O)c1ccc(S(=O)(=O)N(C)C)cc1. The van der Waals surface area contributed by atoms with Crippen molar-refractivity contribution >= 4 is 26.0 Å². The lowest BCUT2D eigenvalue weighted by Gasteiger charge is -2.22. The summed E-state index contributed by atoms with van der Waals surface area (Å²) in [5.74, 6) is -0.341. The number of benzene rings is 1. The number of likely N-dealkylation sites (N-methyl/N-ethyl adjacent to an activating group) is 2. The monoisotopic (exact) mass is 377 g/mol. The van der Waals surface area contributed by atoms with E-state index in [1.165, 1.54) is 43.3 Å². The van der Waals surface area contributed by atoms with Crippen molar-refractivity contribution in [1.29, 1.82) is 0 Å². The van der Waals surface area contributed by atoms with Crippen LogP contribution < -0.4 is 0 Å². The number of amides is 1.